The van der Waals surface area contributed by atoms with Crippen LogP contribution in [0.1, 0.15) is 2.85 Å². The molecule has 0 atom stereocenters. The first-order valence-electron chi connectivity index (χ1n) is 2.35. The van der Waals surface area contributed by atoms with Crippen LogP contribution in [0.15, 0.2) is 35.7 Å². The van der Waals surface area contributed by atoms with Gasteiger partial charge in [-0.05, 0) is 12.2 Å². The van der Waals surface area contributed by atoms with E-state index in [9.17, 15) is 0 Å². The van der Waals surface area contributed by atoms with Gasteiger partial charge in [-0.1, -0.05) is 23.8 Å². The second kappa shape index (κ2) is 9.67. The molecule has 0 aromatic rings. The summed E-state index contributed by atoms with van der Waals surface area (Å²) in [6, 6.07) is 0. The average Bonchev–Trinajstić information content (AvgIpc) is 1.94. The molecule has 1 heterocycles. The Labute approximate surface area is 154 Å². The predicted molar refractivity (Wildman–Crippen MR) is 37.6 cm³/mol. The van der Waals surface area contributed by atoms with Gasteiger partial charge in [-0.3, -0.25) is 0 Å². The maximum atomic E-state index is 5.57. The van der Waals surface area contributed by atoms with E-state index < -0.39 is 0 Å². The SMILES string of the molecule is ClC1=CC=CC=CN1.[H-].[H-].[K+].[K+]. The largest absolute Gasteiger partial charge is 1.00 e. The summed E-state index contributed by atoms with van der Waals surface area (Å²) in [7, 11) is 0. The van der Waals surface area contributed by atoms with E-state index in [1.807, 2.05) is 18.2 Å². The second-order valence-electron chi connectivity index (χ2n) is 1.40. The summed E-state index contributed by atoms with van der Waals surface area (Å²) in [6.07, 6.45) is 9.23. The summed E-state index contributed by atoms with van der Waals surface area (Å²) in [5, 5.41) is 3.48. The zero-order valence-corrected chi connectivity index (χ0v) is 13.3. The molecule has 46 valence electrons. The maximum Gasteiger partial charge on any atom is 1.00 e. The van der Waals surface area contributed by atoms with Crippen LogP contribution in [0.4, 0.5) is 0 Å². The molecule has 0 bridgehead atoms. The second-order valence-corrected chi connectivity index (χ2v) is 1.81. The monoisotopic (exact) mass is 207 g/mol. The van der Waals surface area contributed by atoms with E-state index in [0.717, 1.165) is 0 Å². The van der Waals surface area contributed by atoms with Crippen molar-refractivity contribution in [1.29, 1.82) is 0 Å². The van der Waals surface area contributed by atoms with Crippen molar-refractivity contribution in [2.75, 3.05) is 0 Å². The number of halogens is 1. The van der Waals surface area contributed by atoms with Gasteiger partial charge in [0.1, 0.15) is 5.16 Å². The topological polar surface area (TPSA) is 12.0 Å². The first kappa shape index (κ1) is 15.1. The smallest absolute Gasteiger partial charge is 1.00 e. The van der Waals surface area contributed by atoms with Crippen molar-refractivity contribution in [3.8, 4) is 0 Å². The molecule has 10 heavy (non-hydrogen) atoms. The standard InChI is InChI=1S/C6H6ClN.2K.2H/c7-6-4-2-1-3-5-8-6;;;;/h1-5,8H;;;;/q;2*+1;2*-1. The fraction of sp³-hybridized carbons (Fsp3) is 0. The molecule has 0 fully saturated rings. The molecule has 0 aliphatic carbocycles. The van der Waals surface area contributed by atoms with Crippen LogP contribution in [0.3, 0.4) is 0 Å². The Bertz CT molecular complexity index is 171. The first-order valence-corrected chi connectivity index (χ1v) is 2.73. The zero-order valence-electron chi connectivity index (χ0n) is 8.26. The van der Waals surface area contributed by atoms with E-state index >= 15 is 0 Å². The van der Waals surface area contributed by atoms with E-state index in [0.29, 0.717) is 5.16 Å². The molecular weight excluding hydrogens is 200 g/mol. The number of nitrogens with one attached hydrogen (secondary N) is 1. The summed E-state index contributed by atoms with van der Waals surface area (Å²) in [4.78, 5) is 0. The van der Waals surface area contributed by atoms with Gasteiger partial charge in [0.2, 0.25) is 0 Å². The van der Waals surface area contributed by atoms with E-state index in [-0.39, 0.29) is 106 Å². The Morgan fingerprint density at radius 1 is 1.20 bits per heavy atom. The minimum absolute atomic E-state index is 0. The molecule has 0 aromatic carbocycles. The van der Waals surface area contributed by atoms with Crippen molar-refractivity contribution in [2.24, 2.45) is 0 Å². The van der Waals surface area contributed by atoms with Crippen molar-refractivity contribution in [2.45, 2.75) is 0 Å². The Morgan fingerprint density at radius 3 is 2.60 bits per heavy atom. The van der Waals surface area contributed by atoms with Gasteiger partial charge in [0.05, 0.1) is 0 Å². The predicted octanol–water partition coefficient (Wildman–Crippen LogP) is -4.03. The van der Waals surface area contributed by atoms with Crippen LogP contribution >= 0.6 is 11.6 Å². The molecule has 1 rings (SSSR count). The van der Waals surface area contributed by atoms with Crippen LogP contribution in [0.25, 0.3) is 0 Å². The van der Waals surface area contributed by atoms with E-state index in [2.05, 4.69) is 5.32 Å². The maximum absolute atomic E-state index is 5.57. The van der Waals surface area contributed by atoms with Crippen LogP contribution in [0, 0.1) is 0 Å². The molecule has 4 heteroatoms. The third kappa shape index (κ3) is 7.24. The fourth-order valence-corrected chi connectivity index (χ4v) is 0.571. The molecular formula is C6H8ClK2N. The Kier molecular flexibility index (Phi) is 14.6. The molecule has 0 radical (unpaired) electrons. The van der Waals surface area contributed by atoms with Gasteiger partial charge in [0.25, 0.3) is 0 Å². The van der Waals surface area contributed by atoms with Crippen LogP contribution in [-0.2, 0) is 0 Å². The van der Waals surface area contributed by atoms with Crippen molar-refractivity contribution in [3.63, 3.8) is 0 Å². The minimum atomic E-state index is 0. The molecule has 1 nitrogen and oxygen atoms in total. The van der Waals surface area contributed by atoms with Gasteiger partial charge in [-0.2, -0.15) is 0 Å². The molecule has 1 aliphatic rings. The van der Waals surface area contributed by atoms with Crippen molar-refractivity contribution in [1.82, 2.24) is 5.32 Å². The summed E-state index contributed by atoms with van der Waals surface area (Å²) in [6.45, 7) is 0. The van der Waals surface area contributed by atoms with Crippen molar-refractivity contribution >= 4 is 11.6 Å². The molecule has 0 spiro atoms. The molecule has 1 aliphatic heterocycles. The molecule has 0 saturated carbocycles. The van der Waals surface area contributed by atoms with Crippen LogP contribution < -0.4 is 108 Å². The molecule has 1 N–H and O–H groups in total. The van der Waals surface area contributed by atoms with E-state index in [4.69, 9.17) is 11.6 Å². The Morgan fingerprint density at radius 2 is 1.90 bits per heavy atom. The number of allylic oxidation sites excluding steroid dienone is 4. The van der Waals surface area contributed by atoms with Gasteiger partial charge in [0, 0.05) is 6.20 Å². The van der Waals surface area contributed by atoms with E-state index in [1.54, 1.807) is 12.3 Å². The summed E-state index contributed by atoms with van der Waals surface area (Å²) >= 11 is 5.57. The van der Waals surface area contributed by atoms with E-state index in [1.165, 1.54) is 0 Å². The van der Waals surface area contributed by atoms with Gasteiger partial charge in [0.15, 0.2) is 0 Å². The third-order valence-corrected chi connectivity index (χ3v) is 1.02. The molecule has 0 amide bonds. The van der Waals surface area contributed by atoms with Crippen LogP contribution in [-0.4, -0.2) is 0 Å². The van der Waals surface area contributed by atoms with Crippen molar-refractivity contribution in [3.05, 3.63) is 35.7 Å². The Balaban J connectivity index is -0.0000000800. The van der Waals surface area contributed by atoms with Crippen molar-refractivity contribution < 1.29 is 106 Å². The number of hydrogen-bond acceptors (Lipinski definition) is 1. The third-order valence-electron chi connectivity index (χ3n) is 0.782. The van der Waals surface area contributed by atoms with Gasteiger partial charge in [-0.15, -0.1) is 0 Å². The Hall–Kier alpha value is 2.58. The van der Waals surface area contributed by atoms with Crippen LogP contribution in [0.5, 0.6) is 0 Å². The first-order chi connectivity index (χ1) is 3.89. The summed E-state index contributed by atoms with van der Waals surface area (Å²) in [5.41, 5.74) is 0. The zero-order chi connectivity index (χ0) is 5.82. The minimum Gasteiger partial charge on any atom is -1.00 e. The molecule has 0 aromatic heterocycles. The number of rotatable bonds is 0. The number of hydrogen-bond donors (Lipinski definition) is 1. The van der Waals surface area contributed by atoms with Gasteiger partial charge < -0.3 is 8.17 Å². The fourth-order valence-electron chi connectivity index (χ4n) is 0.436. The normalized spacial score (nSPS) is 13.5. The summed E-state index contributed by atoms with van der Waals surface area (Å²) < 4.78 is 0. The van der Waals surface area contributed by atoms with Crippen LogP contribution in [0.2, 0.25) is 0 Å². The van der Waals surface area contributed by atoms with Gasteiger partial charge >= 0.3 is 103 Å². The average molecular weight is 208 g/mol. The van der Waals surface area contributed by atoms with Gasteiger partial charge in [-0.25, -0.2) is 0 Å². The summed E-state index contributed by atoms with van der Waals surface area (Å²) in [5.74, 6) is 0. The molecule has 0 saturated heterocycles. The quantitative estimate of drug-likeness (QED) is 0.315. The molecule has 0 unspecified atom stereocenters.